The molecule has 1 unspecified atom stereocenters. The Kier molecular flexibility index (Phi) is 3.95. The van der Waals surface area contributed by atoms with Gasteiger partial charge in [-0.2, -0.15) is 0 Å². The van der Waals surface area contributed by atoms with Gasteiger partial charge < -0.3 is 0 Å². The van der Waals surface area contributed by atoms with Gasteiger partial charge in [-0.05, 0) is 58.0 Å². The summed E-state index contributed by atoms with van der Waals surface area (Å²) < 4.78 is 1.21. The number of pyridine rings is 1. The summed E-state index contributed by atoms with van der Waals surface area (Å²) in [6.45, 7) is 0. The molecule has 3 N–H and O–H groups in total. The number of benzene rings is 2. The van der Waals surface area contributed by atoms with Gasteiger partial charge in [-0.25, -0.2) is 5.43 Å². The van der Waals surface area contributed by atoms with E-state index in [0.717, 1.165) is 22.0 Å². The zero-order valence-corrected chi connectivity index (χ0v) is 12.9. The van der Waals surface area contributed by atoms with Crippen molar-refractivity contribution in [1.82, 2.24) is 10.4 Å². The predicted octanol–water partition coefficient (Wildman–Crippen LogP) is 3.39. The normalized spacial score (nSPS) is 12.5. The fourth-order valence-electron chi connectivity index (χ4n) is 2.30. The number of aromatic nitrogens is 1. The van der Waals surface area contributed by atoms with Crippen LogP contribution in [-0.4, -0.2) is 4.98 Å². The third-order valence-electron chi connectivity index (χ3n) is 3.33. The lowest BCUT2D eigenvalue weighted by molar-refractivity contribution is 0.637. The highest BCUT2D eigenvalue weighted by atomic mass is 127. The van der Waals surface area contributed by atoms with Crippen molar-refractivity contribution in [3.8, 4) is 0 Å². The van der Waals surface area contributed by atoms with E-state index >= 15 is 0 Å². The Balaban J connectivity index is 2.04. The highest BCUT2D eigenvalue weighted by Crippen LogP contribution is 2.24. The van der Waals surface area contributed by atoms with Crippen molar-refractivity contribution in [1.29, 1.82) is 0 Å². The van der Waals surface area contributed by atoms with Crippen LogP contribution in [0, 0.1) is 3.57 Å². The SMILES string of the molecule is NNC(c1ccc(I)cc1)c1ccc2cccnc2c1. The Morgan fingerprint density at radius 3 is 2.50 bits per heavy atom. The van der Waals surface area contributed by atoms with Gasteiger partial charge in [-0.1, -0.05) is 30.3 Å². The number of fused-ring (bicyclic) bond motifs is 1. The van der Waals surface area contributed by atoms with Crippen LogP contribution in [-0.2, 0) is 0 Å². The molecular formula is C16H14IN3. The molecule has 0 saturated heterocycles. The van der Waals surface area contributed by atoms with Gasteiger partial charge >= 0.3 is 0 Å². The van der Waals surface area contributed by atoms with E-state index in [-0.39, 0.29) is 6.04 Å². The Labute approximate surface area is 131 Å². The third-order valence-corrected chi connectivity index (χ3v) is 4.05. The molecule has 0 radical (unpaired) electrons. The molecule has 3 rings (SSSR count). The first-order valence-corrected chi connectivity index (χ1v) is 7.42. The van der Waals surface area contributed by atoms with Crippen molar-refractivity contribution >= 4 is 33.5 Å². The van der Waals surface area contributed by atoms with E-state index in [1.165, 1.54) is 3.57 Å². The van der Waals surface area contributed by atoms with Gasteiger partial charge in [0, 0.05) is 15.2 Å². The van der Waals surface area contributed by atoms with E-state index < -0.39 is 0 Å². The van der Waals surface area contributed by atoms with Gasteiger partial charge in [-0.3, -0.25) is 10.8 Å². The maximum atomic E-state index is 5.75. The molecule has 0 aliphatic rings. The average Bonchev–Trinajstić information content (AvgIpc) is 2.50. The Morgan fingerprint density at radius 2 is 1.75 bits per heavy atom. The molecule has 3 nitrogen and oxygen atoms in total. The number of hydrogen-bond acceptors (Lipinski definition) is 3. The first-order valence-electron chi connectivity index (χ1n) is 6.34. The minimum atomic E-state index is -0.0293. The highest BCUT2D eigenvalue weighted by molar-refractivity contribution is 14.1. The van der Waals surface area contributed by atoms with Crippen LogP contribution in [0.2, 0.25) is 0 Å². The molecule has 0 aliphatic carbocycles. The summed E-state index contributed by atoms with van der Waals surface area (Å²) >= 11 is 2.30. The number of rotatable bonds is 3. The summed E-state index contributed by atoms with van der Waals surface area (Å²) in [6.07, 6.45) is 1.81. The van der Waals surface area contributed by atoms with Gasteiger partial charge in [0.2, 0.25) is 0 Å². The van der Waals surface area contributed by atoms with Crippen LogP contribution >= 0.6 is 22.6 Å². The molecular weight excluding hydrogens is 361 g/mol. The Hall–Kier alpha value is -1.50. The number of hydrogen-bond donors (Lipinski definition) is 2. The molecule has 1 aromatic heterocycles. The van der Waals surface area contributed by atoms with Crippen LogP contribution < -0.4 is 11.3 Å². The molecule has 1 heterocycles. The molecule has 2 aromatic carbocycles. The van der Waals surface area contributed by atoms with E-state index in [1.54, 1.807) is 0 Å². The second-order valence-electron chi connectivity index (χ2n) is 4.61. The number of nitrogens with one attached hydrogen (secondary N) is 1. The summed E-state index contributed by atoms with van der Waals surface area (Å²) in [5, 5.41) is 1.13. The largest absolute Gasteiger partial charge is 0.271 e. The second-order valence-corrected chi connectivity index (χ2v) is 5.85. The number of hydrazine groups is 1. The monoisotopic (exact) mass is 375 g/mol. The molecule has 0 aliphatic heterocycles. The topological polar surface area (TPSA) is 50.9 Å². The lowest BCUT2D eigenvalue weighted by Gasteiger charge is -2.17. The van der Waals surface area contributed by atoms with E-state index in [9.17, 15) is 0 Å². The summed E-state index contributed by atoms with van der Waals surface area (Å²) in [5.74, 6) is 5.75. The Morgan fingerprint density at radius 1 is 1.00 bits per heavy atom. The molecule has 20 heavy (non-hydrogen) atoms. The number of nitrogens with two attached hydrogens (primary N) is 1. The first kappa shape index (κ1) is 13.5. The van der Waals surface area contributed by atoms with E-state index in [4.69, 9.17) is 5.84 Å². The lowest BCUT2D eigenvalue weighted by atomic mass is 9.98. The molecule has 0 bridgehead atoms. The van der Waals surface area contributed by atoms with Crippen LogP contribution in [0.1, 0.15) is 17.2 Å². The number of nitrogens with zero attached hydrogens (tertiary/aromatic N) is 1. The molecule has 4 heteroatoms. The van der Waals surface area contributed by atoms with Gasteiger partial charge in [0.15, 0.2) is 0 Å². The van der Waals surface area contributed by atoms with Crippen molar-refractivity contribution in [3.05, 3.63) is 75.5 Å². The zero-order valence-electron chi connectivity index (χ0n) is 10.8. The lowest BCUT2D eigenvalue weighted by Crippen LogP contribution is -2.28. The fraction of sp³-hybridized carbons (Fsp3) is 0.0625. The summed E-state index contributed by atoms with van der Waals surface area (Å²) in [7, 11) is 0. The molecule has 3 aromatic rings. The third kappa shape index (κ3) is 2.67. The zero-order chi connectivity index (χ0) is 13.9. The second kappa shape index (κ2) is 5.87. The molecule has 0 saturated carbocycles. The molecule has 0 spiro atoms. The van der Waals surface area contributed by atoms with Crippen LogP contribution in [0.15, 0.2) is 60.8 Å². The average molecular weight is 375 g/mol. The van der Waals surface area contributed by atoms with Crippen LogP contribution in [0.5, 0.6) is 0 Å². The van der Waals surface area contributed by atoms with Crippen molar-refractivity contribution in [2.24, 2.45) is 5.84 Å². The molecule has 100 valence electrons. The van der Waals surface area contributed by atoms with E-state index in [1.807, 2.05) is 12.3 Å². The van der Waals surface area contributed by atoms with Crippen molar-refractivity contribution in [2.75, 3.05) is 0 Å². The minimum absolute atomic E-state index is 0.0293. The fourth-order valence-corrected chi connectivity index (χ4v) is 2.66. The van der Waals surface area contributed by atoms with Gasteiger partial charge in [-0.15, -0.1) is 0 Å². The maximum Gasteiger partial charge on any atom is 0.0710 e. The summed E-state index contributed by atoms with van der Waals surface area (Å²) in [4.78, 5) is 4.40. The van der Waals surface area contributed by atoms with Crippen molar-refractivity contribution in [3.63, 3.8) is 0 Å². The minimum Gasteiger partial charge on any atom is -0.271 e. The van der Waals surface area contributed by atoms with Crippen LogP contribution in [0.4, 0.5) is 0 Å². The maximum absolute atomic E-state index is 5.75. The molecule has 1 atom stereocenters. The molecule has 0 fully saturated rings. The molecule has 0 amide bonds. The first-order chi connectivity index (χ1) is 9.78. The van der Waals surface area contributed by atoms with Crippen molar-refractivity contribution in [2.45, 2.75) is 6.04 Å². The summed E-state index contributed by atoms with van der Waals surface area (Å²) in [5.41, 5.74) is 6.12. The van der Waals surface area contributed by atoms with Gasteiger partial charge in [0.05, 0.1) is 11.6 Å². The quantitative estimate of drug-likeness (QED) is 0.419. The highest BCUT2D eigenvalue weighted by Gasteiger charge is 2.12. The Bertz CT molecular complexity index is 725. The van der Waals surface area contributed by atoms with Gasteiger partial charge in [0.25, 0.3) is 0 Å². The van der Waals surface area contributed by atoms with Crippen LogP contribution in [0.3, 0.4) is 0 Å². The number of halogens is 1. The van der Waals surface area contributed by atoms with Gasteiger partial charge in [0.1, 0.15) is 0 Å². The van der Waals surface area contributed by atoms with E-state index in [0.29, 0.717) is 0 Å². The van der Waals surface area contributed by atoms with E-state index in [2.05, 4.69) is 81.5 Å². The smallest absolute Gasteiger partial charge is 0.0710 e. The van der Waals surface area contributed by atoms with Crippen LogP contribution in [0.25, 0.3) is 10.9 Å². The predicted molar refractivity (Wildman–Crippen MR) is 90.1 cm³/mol. The summed E-state index contributed by atoms with van der Waals surface area (Å²) in [6, 6.07) is 18.6. The standard InChI is InChI=1S/C16H14IN3/c17-14-7-5-12(6-8-14)16(20-18)13-4-3-11-2-1-9-19-15(11)10-13/h1-10,16,20H,18H2. The van der Waals surface area contributed by atoms with Crippen molar-refractivity contribution < 1.29 is 0 Å².